The minimum atomic E-state index is -1.01. The van der Waals surface area contributed by atoms with E-state index in [2.05, 4.69) is 33.2 Å². The molecule has 1 heterocycles. The number of amides is 4. The van der Waals surface area contributed by atoms with Crippen LogP contribution >= 0.6 is 34.2 Å². The van der Waals surface area contributed by atoms with E-state index in [1.807, 2.05) is 0 Å². The molecular weight excluding hydrogens is 561 g/mol. The van der Waals surface area contributed by atoms with Crippen LogP contribution in [0.15, 0.2) is 42.5 Å². The molecule has 1 unspecified atom stereocenters. The predicted octanol–water partition coefficient (Wildman–Crippen LogP) is 4.23. The summed E-state index contributed by atoms with van der Waals surface area (Å²) in [7, 11) is 1.59. The van der Waals surface area contributed by atoms with E-state index in [-0.39, 0.29) is 5.92 Å². The normalized spacial score (nSPS) is 16.7. The van der Waals surface area contributed by atoms with Gasteiger partial charge in [0.25, 0.3) is 5.91 Å². The molecule has 1 saturated heterocycles. The Morgan fingerprint density at radius 3 is 2.48 bits per heavy atom. The summed E-state index contributed by atoms with van der Waals surface area (Å²) in [5, 5.41) is 5.81. The van der Waals surface area contributed by atoms with Crippen LogP contribution < -0.4 is 15.4 Å². The maximum Gasteiger partial charge on any atom is 0.325 e. The van der Waals surface area contributed by atoms with Crippen molar-refractivity contribution in [3.8, 4) is 5.75 Å². The third kappa shape index (κ3) is 5.96. The molecule has 2 aromatic rings. The Hall–Kier alpha value is -2.37. The van der Waals surface area contributed by atoms with Gasteiger partial charge in [-0.1, -0.05) is 37.6 Å². The summed E-state index contributed by atoms with van der Waals surface area (Å²) in [5.41, 5.74) is 1.01. The van der Waals surface area contributed by atoms with Gasteiger partial charge in [0.15, 0.2) is 0 Å². The summed E-state index contributed by atoms with van der Waals surface area (Å²) in [5.74, 6) is -0.675. The van der Waals surface area contributed by atoms with Gasteiger partial charge >= 0.3 is 6.03 Å². The summed E-state index contributed by atoms with van der Waals surface area (Å²) in [6.07, 6.45) is 0. The van der Waals surface area contributed by atoms with E-state index in [1.165, 1.54) is 0 Å². The monoisotopic (exact) mass is 585 g/mol. The molecule has 33 heavy (non-hydrogen) atoms. The quantitative estimate of drug-likeness (QED) is 0.261. The number of hydrogen-bond acceptors (Lipinski definition) is 5. The van der Waals surface area contributed by atoms with Gasteiger partial charge in [0, 0.05) is 10.7 Å². The molecular formula is C23H25ClIN3O5. The predicted molar refractivity (Wildman–Crippen MR) is 133 cm³/mol. The fraction of sp³-hybridized carbons (Fsp3) is 0.348. The van der Waals surface area contributed by atoms with Gasteiger partial charge in [-0.25, -0.2) is 9.69 Å². The van der Waals surface area contributed by atoms with E-state index < -0.39 is 29.9 Å². The lowest BCUT2D eigenvalue weighted by Crippen LogP contribution is -2.50. The minimum absolute atomic E-state index is 0.322. The van der Waals surface area contributed by atoms with Crippen LogP contribution in [0.4, 0.5) is 10.5 Å². The average molecular weight is 586 g/mol. The number of methoxy groups -OCH3 is 1. The van der Waals surface area contributed by atoms with Crippen molar-refractivity contribution in [3.05, 3.63) is 56.6 Å². The van der Waals surface area contributed by atoms with E-state index >= 15 is 0 Å². The van der Waals surface area contributed by atoms with Gasteiger partial charge in [-0.2, -0.15) is 0 Å². The van der Waals surface area contributed by atoms with Gasteiger partial charge in [0.05, 0.1) is 17.3 Å². The molecule has 1 aliphatic rings. The van der Waals surface area contributed by atoms with E-state index in [4.69, 9.17) is 21.1 Å². The Morgan fingerprint density at radius 2 is 1.88 bits per heavy atom. The second-order valence-corrected chi connectivity index (χ2v) is 9.46. The number of benzene rings is 2. The summed E-state index contributed by atoms with van der Waals surface area (Å²) >= 11 is 8.35. The first kappa shape index (κ1) is 25.3. The van der Waals surface area contributed by atoms with Gasteiger partial charge < -0.3 is 20.1 Å². The molecule has 1 fully saturated rings. The second-order valence-electron chi connectivity index (χ2n) is 7.80. The van der Waals surface area contributed by atoms with Crippen molar-refractivity contribution in [1.29, 1.82) is 0 Å². The summed E-state index contributed by atoms with van der Waals surface area (Å²) < 4.78 is 11.4. The molecule has 0 saturated carbocycles. The first-order chi connectivity index (χ1) is 15.7. The van der Waals surface area contributed by atoms with Crippen LogP contribution in [0.5, 0.6) is 5.75 Å². The molecule has 2 N–H and O–H groups in total. The zero-order valence-electron chi connectivity index (χ0n) is 18.4. The Kier molecular flexibility index (Phi) is 8.55. The number of rotatable bonds is 9. The van der Waals surface area contributed by atoms with Crippen molar-refractivity contribution < 1.29 is 23.9 Å². The SMILES string of the molecule is COCCOc1ccc([C@H]2NC(=O)N(C(C(=O)Nc3ccc(I)cc3Cl)C(C)C)C2=O)cc1. The molecule has 0 aromatic heterocycles. The molecule has 0 bridgehead atoms. The molecule has 2 atom stereocenters. The molecule has 176 valence electrons. The Morgan fingerprint density at radius 1 is 1.18 bits per heavy atom. The lowest BCUT2D eigenvalue weighted by molar-refractivity contribution is -0.135. The van der Waals surface area contributed by atoms with Crippen LogP contribution in [-0.2, 0) is 14.3 Å². The van der Waals surface area contributed by atoms with Gasteiger partial charge in [0.1, 0.15) is 24.4 Å². The third-order valence-electron chi connectivity index (χ3n) is 5.11. The highest BCUT2D eigenvalue weighted by molar-refractivity contribution is 14.1. The maximum atomic E-state index is 13.2. The number of halogens is 2. The van der Waals surface area contributed by atoms with Gasteiger partial charge in [-0.05, 0) is 64.4 Å². The van der Waals surface area contributed by atoms with Gasteiger partial charge in [0.2, 0.25) is 5.91 Å². The molecule has 0 spiro atoms. The maximum absolute atomic E-state index is 13.2. The summed E-state index contributed by atoms with van der Waals surface area (Å²) in [4.78, 5) is 40.1. The van der Waals surface area contributed by atoms with Crippen LogP contribution in [0.25, 0.3) is 0 Å². The molecule has 3 rings (SSSR count). The first-order valence-electron chi connectivity index (χ1n) is 10.3. The molecule has 10 heteroatoms. The standard InChI is InChI=1S/C23H25ClIN3O5/c1-13(2)20(21(29)26-18-9-6-15(25)12-17(18)24)28-22(30)19(27-23(28)31)14-4-7-16(8-5-14)33-11-10-32-3/h4-9,12-13,19-20H,10-11H2,1-3H3,(H,26,29)(H,27,31)/t19-,20?/m1/s1. The van der Waals surface area contributed by atoms with E-state index in [0.29, 0.717) is 35.2 Å². The highest BCUT2D eigenvalue weighted by atomic mass is 127. The molecule has 8 nitrogen and oxygen atoms in total. The number of hydrogen-bond donors (Lipinski definition) is 2. The van der Waals surface area contributed by atoms with Gasteiger partial charge in [-0.3, -0.25) is 9.59 Å². The van der Waals surface area contributed by atoms with Crippen molar-refractivity contribution in [1.82, 2.24) is 10.2 Å². The molecule has 1 aliphatic heterocycles. The fourth-order valence-electron chi connectivity index (χ4n) is 3.50. The average Bonchev–Trinajstić information content (AvgIpc) is 3.05. The van der Waals surface area contributed by atoms with E-state index in [1.54, 1.807) is 63.4 Å². The van der Waals surface area contributed by atoms with Crippen LogP contribution in [0.1, 0.15) is 25.5 Å². The van der Waals surface area contributed by atoms with Crippen molar-refractivity contribution in [3.63, 3.8) is 0 Å². The van der Waals surface area contributed by atoms with Crippen molar-refractivity contribution in [2.45, 2.75) is 25.9 Å². The third-order valence-corrected chi connectivity index (χ3v) is 6.09. The van der Waals surface area contributed by atoms with Crippen molar-refractivity contribution >= 4 is 57.7 Å². The Labute approximate surface area is 211 Å². The van der Waals surface area contributed by atoms with Crippen LogP contribution in [-0.4, -0.2) is 49.1 Å². The fourth-order valence-corrected chi connectivity index (χ4v) is 4.40. The number of imide groups is 1. The number of urea groups is 1. The zero-order chi connectivity index (χ0) is 24.1. The number of carbonyl (C=O) groups excluding carboxylic acids is 3. The molecule has 4 amide bonds. The topological polar surface area (TPSA) is 97.0 Å². The van der Waals surface area contributed by atoms with E-state index in [0.717, 1.165) is 8.47 Å². The summed E-state index contributed by atoms with van der Waals surface area (Å²) in [6.45, 7) is 4.41. The molecule has 2 aromatic carbocycles. The lowest BCUT2D eigenvalue weighted by atomic mass is 10.0. The van der Waals surface area contributed by atoms with Crippen molar-refractivity contribution in [2.75, 3.05) is 25.6 Å². The Balaban J connectivity index is 1.77. The van der Waals surface area contributed by atoms with Gasteiger partial charge in [-0.15, -0.1) is 0 Å². The lowest BCUT2D eigenvalue weighted by Gasteiger charge is -2.27. The largest absolute Gasteiger partial charge is 0.491 e. The highest BCUT2D eigenvalue weighted by Gasteiger charge is 2.46. The number of ether oxygens (including phenoxy) is 2. The summed E-state index contributed by atoms with van der Waals surface area (Å²) in [6, 6.07) is 9.56. The minimum Gasteiger partial charge on any atom is -0.491 e. The van der Waals surface area contributed by atoms with Crippen LogP contribution in [0.2, 0.25) is 5.02 Å². The zero-order valence-corrected chi connectivity index (χ0v) is 21.3. The van der Waals surface area contributed by atoms with Crippen molar-refractivity contribution in [2.24, 2.45) is 5.92 Å². The van der Waals surface area contributed by atoms with Crippen LogP contribution in [0, 0.1) is 9.49 Å². The molecule has 0 aliphatic carbocycles. The number of nitrogens with one attached hydrogen (secondary N) is 2. The first-order valence-corrected chi connectivity index (χ1v) is 11.8. The highest BCUT2D eigenvalue weighted by Crippen LogP contribution is 2.29. The number of anilines is 1. The molecule has 0 radical (unpaired) electrons. The number of carbonyl (C=O) groups is 3. The Bertz CT molecular complexity index is 1030. The smallest absolute Gasteiger partial charge is 0.325 e. The number of nitrogens with zero attached hydrogens (tertiary/aromatic N) is 1. The van der Waals surface area contributed by atoms with Crippen LogP contribution in [0.3, 0.4) is 0 Å². The van der Waals surface area contributed by atoms with E-state index in [9.17, 15) is 14.4 Å². The second kappa shape index (κ2) is 11.2.